The smallest absolute Gasteiger partial charge is 0.622 e. The van der Waals surface area contributed by atoms with E-state index in [4.69, 9.17) is 0 Å². The number of carbonyl (C=O) groups excluding carboxylic acids is 2. The third kappa shape index (κ3) is 4.48. The van der Waals surface area contributed by atoms with Crippen LogP contribution in [0.1, 0.15) is 20.7 Å². The summed E-state index contributed by atoms with van der Waals surface area (Å²) in [6, 6.07) is 15.1. The van der Waals surface area contributed by atoms with Crippen molar-refractivity contribution in [2.45, 2.75) is 0 Å². The van der Waals surface area contributed by atoms with Crippen molar-refractivity contribution >= 4 is 17.5 Å². The molecule has 0 heterocycles. The van der Waals surface area contributed by atoms with Gasteiger partial charge in [0.2, 0.25) is 0 Å². The first-order valence-electron chi connectivity index (χ1n) is 5.91. The first-order chi connectivity index (χ1) is 9.72. The number of benzene rings is 2. The van der Waals surface area contributed by atoms with Gasteiger partial charge in [0, 0.05) is 7.11 Å². The zero-order chi connectivity index (χ0) is 14.4. The van der Waals surface area contributed by atoms with E-state index in [0.29, 0.717) is 5.56 Å². The summed E-state index contributed by atoms with van der Waals surface area (Å²) in [7, 11) is 1.28. The molecule has 0 unspecified atom stereocenters. The molecule has 6 heteroatoms. The topological polar surface area (TPSA) is 71.6 Å². The Balaban J connectivity index is 0.00000220. The van der Waals surface area contributed by atoms with Crippen LogP contribution in [0, 0.1) is 0 Å². The molecule has 2 aromatic carbocycles. The van der Waals surface area contributed by atoms with Gasteiger partial charge >= 0.3 is 19.5 Å². The van der Waals surface area contributed by atoms with E-state index in [9.17, 15) is 9.59 Å². The summed E-state index contributed by atoms with van der Waals surface area (Å²) >= 11 is 0. The molecule has 2 aromatic rings. The molecule has 0 bridgehead atoms. The molecule has 0 aliphatic heterocycles. The minimum Gasteiger partial charge on any atom is -0.622 e. The molecule has 109 valence electrons. The van der Waals surface area contributed by atoms with Crippen LogP contribution in [0.25, 0.3) is 10.8 Å². The summed E-state index contributed by atoms with van der Waals surface area (Å²) in [5.74, 6) is -0.990. The first-order valence-corrected chi connectivity index (χ1v) is 5.91. The first kappa shape index (κ1) is 17.0. The van der Waals surface area contributed by atoms with Gasteiger partial charge in [-0.25, -0.2) is 0 Å². The summed E-state index contributed by atoms with van der Waals surface area (Å²) in [4.78, 5) is 28.2. The van der Waals surface area contributed by atoms with Gasteiger partial charge in [0.25, 0.3) is 0 Å². The largest absolute Gasteiger partial charge is 2.00 e. The molecule has 0 aliphatic rings. The monoisotopic (exact) mass is 371 g/mol. The normalized spacial score (nSPS) is 9.38. The molecule has 2 amide bonds. The Morgan fingerprint density at radius 3 is 2.19 bits per heavy atom. The van der Waals surface area contributed by atoms with Crippen molar-refractivity contribution < 1.29 is 33.9 Å². The van der Waals surface area contributed by atoms with Crippen molar-refractivity contribution in [1.82, 2.24) is 0 Å². The number of rotatable bonds is 4. The number of carbonyl (C=O) groups is 2. The van der Waals surface area contributed by atoms with Gasteiger partial charge in [-0.15, -0.1) is 5.69 Å². The van der Waals surface area contributed by atoms with Gasteiger partial charge < -0.3 is 25.2 Å². The Hall–Kier alpha value is -2.04. The van der Waals surface area contributed by atoms with Gasteiger partial charge in [0.15, 0.2) is 0 Å². The number of amides is 2. The predicted molar refractivity (Wildman–Crippen MR) is 74.9 cm³/mol. The molecule has 0 aliphatic carbocycles. The summed E-state index contributed by atoms with van der Waals surface area (Å²) in [6.45, 7) is 0. The number of nitrogens with zero attached hydrogens (tertiary/aromatic N) is 2. The Morgan fingerprint density at radius 2 is 1.52 bits per heavy atom. The summed E-state index contributed by atoms with van der Waals surface area (Å²) in [5, 5.41) is 3.96. The predicted octanol–water partition coefficient (Wildman–Crippen LogP) is 3.61. The standard InChI is InChI=1S/C15H14N2O3.Rh/c1-20-17-15(19)12-9-5-6-10-13(12)16-14(18)11-7-3-2-4-8-11;/h2-10H,1H3,(H2,16,17,18,19);/q;+2/p-2. The van der Waals surface area contributed by atoms with E-state index in [-0.39, 0.29) is 30.7 Å². The third-order valence-electron chi connectivity index (χ3n) is 2.55. The number of para-hydroxylation sites is 1. The Morgan fingerprint density at radius 1 is 0.905 bits per heavy atom. The van der Waals surface area contributed by atoms with Crippen LogP contribution in [-0.4, -0.2) is 18.9 Å². The van der Waals surface area contributed by atoms with E-state index < -0.39 is 11.8 Å². The van der Waals surface area contributed by atoms with E-state index in [1.807, 2.05) is 6.07 Å². The van der Waals surface area contributed by atoms with Crippen LogP contribution in [-0.2, 0) is 24.3 Å². The third-order valence-corrected chi connectivity index (χ3v) is 2.55. The van der Waals surface area contributed by atoms with Gasteiger partial charge in [-0.1, -0.05) is 54.6 Å². The minimum absolute atomic E-state index is 0. The maximum absolute atomic E-state index is 12.0. The van der Waals surface area contributed by atoms with Crippen molar-refractivity contribution in [3.8, 4) is 0 Å². The summed E-state index contributed by atoms with van der Waals surface area (Å²) in [6.07, 6.45) is 0. The van der Waals surface area contributed by atoms with Gasteiger partial charge in [0.1, 0.15) is 5.91 Å². The SMILES string of the molecule is CO[N-]C(=O)c1ccccc1[N-]C(=O)c1ccccc1.[Rh+2]. The van der Waals surface area contributed by atoms with Crippen LogP contribution < -0.4 is 0 Å². The van der Waals surface area contributed by atoms with Gasteiger partial charge in [-0.3, -0.25) is 0 Å². The zero-order valence-corrected chi connectivity index (χ0v) is 12.8. The quantitative estimate of drug-likeness (QED) is 0.609. The van der Waals surface area contributed by atoms with Gasteiger partial charge in [-0.2, -0.15) is 0 Å². The van der Waals surface area contributed by atoms with E-state index in [0.717, 1.165) is 0 Å². The molecule has 1 radical (unpaired) electrons. The van der Waals surface area contributed by atoms with Crippen LogP contribution in [0.15, 0.2) is 54.6 Å². The number of hydrogen-bond acceptors (Lipinski definition) is 3. The molecule has 0 fully saturated rings. The molecule has 0 N–H and O–H groups in total. The fourth-order valence-corrected chi connectivity index (χ4v) is 1.64. The average molecular weight is 371 g/mol. The minimum atomic E-state index is -0.576. The Bertz CT molecular complexity index is 617. The van der Waals surface area contributed by atoms with E-state index in [1.165, 1.54) is 7.11 Å². The van der Waals surface area contributed by atoms with Gasteiger partial charge in [0.05, 0.1) is 5.91 Å². The van der Waals surface area contributed by atoms with Crippen molar-refractivity contribution in [2.24, 2.45) is 0 Å². The van der Waals surface area contributed by atoms with Crippen LogP contribution >= 0.6 is 0 Å². The van der Waals surface area contributed by atoms with Crippen molar-refractivity contribution in [2.75, 3.05) is 7.11 Å². The molecule has 0 spiro atoms. The molecule has 2 rings (SSSR count). The number of hydrogen-bond donors (Lipinski definition) is 0. The van der Waals surface area contributed by atoms with E-state index in [2.05, 4.69) is 15.6 Å². The Labute approximate surface area is 135 Å². The molecule has 0 aromatic heterocycles. The van der Waals surface area contributed by atoms with Gasteiger partial charge in [-0.05, 0) is 11.1 Å². The van der Waals surface area contributed by atoms with Crippen LogP contribution in [0.5, 0.6) is 0 Å². The second kappa shape index (κ2) is 8.29. The molecular weight excluding hydrogens is 359 g/mol. The van der Waals surface area contributed by atoms with Crippen LogP contribution in [0.4, 0.5) is 5.69 Å². The fraction of sp³-hybridized carbons (Fsp3) is 0.0667. The second-order valence-electron chi connectivity index (χ2n) is 3.88. The average Bonchev–Trinajstić information content (AvgIpc) is 2.49. The van der Waals surface area contributed by atoms with Crippen molar-refractivity contribution in [1.29, 1.82) is 0 Å². The van der Waals surface area contributed by atoms with Crippen LogP contribution in [0.2, 0.25) is 0 Å². The maximum atomic E-state index is 12.0. The molecule has 5 nitrogen and oxygen atoms in total. The maximum Gasteiger partial charge on any atom is 2.00 e. The fourth-order valence-electron chi connectivity index (χ4n) is 1.64. The zero-order valence-electron chi connectivity index (χ0n) is 11.1. The number of hydroxylamine groups is 1. The summed E-state index contributed by atoms with van der Waals surface area (Å²) in [5.41, 5.74) is 4.27. The van der Waals surface area contributed by atoms with E-state index >= 15 is 0 Å². The summed E-state index contributed by atoms with van der Waals surface area (Å²) < 4.78 is 0. The molecule has 0 atom stereocenters. The van der Waals surface area contributed by atoms with Crippen molar-refractivity contribution in [3.05, 3.63) is 76.5 Å². The van der Waals surface area contributed by atoms with Crippen LogP contribution in [0.3, 0.4) is 0 Å². The van der Waals surface area contributed by atoms with E-state index in [1.54, 1.807) is 48.5 Å². The van der Waals surface area contributed by atoms with Crippen molar-refractivity contribution in [3.63, 3.8) is 0 Å². The molecule has 0 saturated heterocycles. The molecule has 21 heavy (non-hydrogen) atoms. The Kier molecular flexibility index (Phi) is 6.72. The molecule has 0 saturated carbocycles. The molecular formula is C15H12N2O3Rh. The second-order valence-corrected chi connectivity index (χ2v) is 3.88.